The van der Waals surface area contributed by atoms with Crippen LogP contribution in [0.3, 0.4) is 0 Å². The molecule has 0 bridgehead atoms. The van der Waals surface area contributed by atoms with Crippen molar-refractivity contribution < 1.29 is 14.7 Å². The Bertz CT molecular complexity index is 204. The second-order valence-electron chi connectivity index (χ2n) is 3.16. The molecule has 5 heteroatoms. The molecule has 76 valence electrons. The van der Waals surface area contributed by atoms with Crippen LogP contribution in [0.4, 0.5) is 0 Å². The van der Waals surface area contributed by atoms with Gasteiger partial charge in [-0.25, -0.2) is 4.79 Å². The van der Waals surface area contributed by atoms with Crippen molar-refractivity contribution in [1.82, 2.24) is 5.32 Å². The SMILES string of the molecule is CC(C)C(=O)NC(C(=O)O)C(C)Br. The third-order valence-corrected chi connectivity index (χ3v) is 2.08. The molecule has 0 aromatic rings. The van der Waals surface area contributed by atoms with Gasteiger partial charge >= 0.3 is 5.97 Å². The molecule has 0 spiro atoms. The van der Waals surface area contributed by atoms with Gasteiger partial charge in [-0.2, -0.15) is 0 Å². The molecular formula is C8H14BrNO3. The highest BCUT2D eigenvalue weighted by atomic mass is 79.9. The van der Waals surface area contributed by atoms with Gasteiger partial charge in [0.25, 0.3) is 0 Å². The largest absolute Gasteiger partial charge is 0.480 e. The van der Waals surface area contributed by atoms with E-state index in [0.717, 1.165) is 0 Å². The van der Waals surface area contributed by atoms with Crippen molar-refractivity contribution in [2.45, 2.75) is 31.6 Å². The molecule has 0 aliphatic heterocycles. The molecule has 0 fully saturated rings. The summed E-state index contributed by atoms with van der Waals surface area (Å²) in [5.74, 6) is -1.48. The molecular weight excluding hydrogens is 238 g/mol. The Labute approximate surface area is 85.8 Å². The predicted octanol–water partition coefficient (Wildman–Crippen LogP) is 0.995. The molecule has 0 saturated carbocycles. The van der Waals surface area contributed by atoms with Gasteiger partial charge in [-0.15, -0.1) is 0 Å². The summed E-state index contributed by atoms with van der Waals surface area (Å²) in [4.78, 5) is 21.5. The monoisotopic (exact) mass is 251 g/mol. The molecule has 0 aliphatic carbocycles. The van der Waals surface area contributed by atoms with Gasteiger partial charge in [0.2, 0.25) is 5.91 Å². The number of aliphatic carboxylic acids is 1. The summed E-state index contributed by atoms with van der Waals surface area (Å²) in [7, 11) is 0. The van der Waals surface area contributed by atoms with Gasteiger partial charge in [0.1, 0.15) is 6.04 Å². The van der Waals surface area contributed by atoms with Crippen molar-refractivity contribution in [2.24, 2.45) is 5.92 Å². The van der Waals surface area contributed by atoms with Crippen LogP contribution in [0, 0.1) is 5.92 Å². The second kappa shape index (κ2) is 5.21. The molecule has 0 aromatic heterocycles. The topological polar surface area (TPSA) is 66.4 Å². The van der Waals surface area contributed by atoms with Crippen molar-refractivity contribution >= 4 is 27.8 Å². The van der Waals surface area contributed by atoms with E-state index in [4.69, 9.17) is 5.11 Å². The number of carbonyl (C=O) groups excluding carboxylic acids is 1. The highest BCUT2D eigenvalue weighted by molar-refractivity contribution is 9.09. The molecule has 0 rings (SSSR count). The van der Waals surface area contributed by atoms with Gasteiger partial charge in [-0.3, -0.25) is 4.79 Å². The van der Waals surface area contributed by atoms with Crippen LogP contribution in [-0.2, 0) is 9.59 Å². The van der Waals surface area contributed by atoms with Crippen molar-refractivity contribution in [2.75, 3.05) is 0 Å². The maximum absolute atomic E-state index is 11.2. The van der Waals surface area contributed by atoms with E-state index >= 15 is 0 Å². The first-order chi connectivity index (χ1) is 5.86. The van der Waals surface area contributed by atoms with E-state index in [9.17, 15) is 9.59 Å². The Morgan fingerprint density at radius 2 is 1.77 bits per heavy atom. The fourth-order valence-corrected chi connectivity index (χ4v) is 1.05. The highest BCUT2D eigenvalue weighted by Gasteiger charge is 2.25. The number of halogens is 1. The second-order valence-corrected chi connectivity index (χ2v) is 4.60. The van der Waals surface area contributed by atoms with Crippen molar-refractivity contribution in [3.05, 3.63) is 0 Å². The minimum Gasteiger partial charge on any atom is -0.480 e. The first kappa shape index (κ1) is 12.4. The van der Waals surface area contributed by atoms with Crippen LogP contribution in [0.25, 0.3) is 0 Å². The Kier molecular flexibility index (Phi) is 4.98. The third kappa shape index (κ3) is 4.26. The Morgan fingerprint density at radius 1 is 1.31 bits per heavy atom. The van der Waals surface area contributed by atoms with E-state index in [0.29, 0.717) is 0 Å². The van der Waals surface area contributed by atoms with Crippen LogP contribution < -0.4 is 5.32 Å². The zero-order valence-electron chi connectivity index (χ0n) is 7.87. The Hall–Kier alpha value is -0.580. The molecule has 13 heavy (non-hydrogen) atoms. The van der Waals surface area contributed by atoms with Gasteiger partial charge in [0.15, 0.2) is 0 Å². The molecule has 0 heterocycles. The number of hydrogen-bond donors (Lipinski definition) is 2. The normalized spacial score (nSPS) is 15.2. The number of amides is 1. The summed E-state index contributed by atoms with van der Waals surface area (Å²) in [5, 5.41) is 11.2. The number of rotatable bonds is 4. The molecule has 0 saturated heterocycles. The standard InChI is InChI=1S/C8H14BrNO3/c1-4(2)7(11)10-6(5(3)9)8(12)13/h4-6H,1-3H3,(H,10,11)(H,12,13). The van der Waals surface area contributed by atoms with Gasteiger partial charge in [-0.1, -0.05) is 36.7 Å². The third-order valence-electron chi connectivity index (χ3n) is 1.55. The average molecular weight is 252 g/mol. The van der Waals surface area contributed by atoms with E-state index in [1.54, 1.807) is 20.8 Å². The lowest BCUT2D eigenvalue weighted by Gasteiger charge is -2.17. The fourth-order valence-electron chi connectivity index (χ4n) is 0.693. The summed E-state index contributed by atoms with van der Waals surface area (Å²) in [6.07, 6.45) is 0. The number of carboxylic acid groups (broad SMARTS) is 1. The van der Waals surface area contributed by atoms with Crippen molar-refractivity contribution in [3.63, 3.8) is 0 Å². The lowest BCUT2D eigenvalue weighted by molar-refractivity contribution is -0.142. The first-order valence-corrected chi connectivity index (χ1v) is 4.95. The maximum atomic E-state index is 11.2. The average Bonchev–Trinajstić information content (AvgIpc) is 1.97. The van der Waals surface area contributed by atoms with Crippen LogP contribution in [0.1, 0.15) is 20.8 Å². The minimum absolute atomic E-state index is 0.201. The van der Waals surface area contributed by atoms with E-state index in [1.165, 1.54) is 0 Å². The fraction of sp³-hybridized carbons (Fsp3) is 0.750. The van der Waals surface area contributed by atoms with Gasteiger partial charge in [0.05, 0.1) is 0 Å². The van der Waals surface area contributed by atoms with Gasteiger partial charge in [-0.05, 0) is 0 Å². The lowest BCUT2D eigenvalue weighted by atomic mass is 10.1. The van der Waals surface area contributed by atoms with Crippen LogP contribution >= 0.6 is 15.9 Å². The number of carboxylic acids is 1. The summed E-state index contributed by atoms with van der Waals surface area (Å²) in [6.45, 7) is 5.11. The number of nitrogens with one attached hydrogen (secondary N) is 1. The molecule has 2 atom stereocenters. The zero-order chi connectivity index (χ0) is 10.6. The van der Waals surface area contributed by atoms with Crippen LogP contribution in [0.15, 0.2) is 0 Å². The maximum Gasteiger partial charge on any atom is 0.327 e. The molecule has 0 aliphatic rings. The smallest absolute Gasteiger partial charge is 0.327 e. The number of alkyl halides is 1. The molecule has 0 radical (unpaired) electrons. The quantitative estimate of drug-likeness (QED) is 0.733. The molecule has 1 amide bonds. The van der Waals surface area contributed by atoms with Crippen LogP contribution in [-0.4, -0.2) is 27.9 Å². The van der Waals surface area contributed by atoms with E-state index < -0.39 is 12.0 Å². The van der Waals surface area contributed by atoms with Crippen LogP contribution in [0.5, 0.6) is 0 Å². The number of carbonyl (C=O) groups is 2. The van der Waals surface area contributed by atoms with Gasteiger partial charge < -0.3 is 10.4 Å². The summed E-state index contributed by atoms with van der Waals surface area (Å²) < 4.78 is 0. The van der Waals surface area contributed by atoms with E-state index in [1.807, 2.05) is 0 Å². The summed E-state index contributed by atoms with van der Waals surface area (Å²) >= 11 is 3.12. The molecule has 2 N–H and O–H groups in total. The van der Waals surface area contributed by atoms with Crippen LogP contribution in [0.2, 0.25) is 0 Å². The summed E-state index contributed by atoms with van der Waals surface area (Å²) in [5.41, 5.74) is 0. The minimum atomic E-state index is -1.03. The highest BCUT2D eigenvalue weighted by Crippen LogP contribution is 2.06. The Balaban J connectivity index is 4.27. The summed E-state index contributed by atoms with van der Waals surface area (Å²) in [6, 6.07) is -0.866. The molecule has 0 aromatic carbocycles. The molecule has 4 nitrogen and oxygen atoms in total. The molecule has 2 unspecified atom stereocenters. The lowest BCUT2D eigenvalue weighted by Crippen LogP contribution is -2.47. The van der Waals surface area contributed by atoms with E-state index in [2.05, 4.69) is 21.2 Å². The van der Waals surface area contributed by atoms with E-state index in [-0.39, 0.29) is 16.7 Å². The Morgan fingerprint density at radius 3 is 2.00 bits per heavy atom. The van der Waals surface area contributed by atoms with Crippen molar-refractivity contribution in [3.8, 4) is 0 Å². The van der Waals surface area contributed by atoms with Crippen molar-refractivity contribution in [1.29, 1.82) is 0 Å². The predicted molar refractivity (Wildman–Crippen MR) is 52.8 cm³/mol. The number of hydrogen-bond acceptors (Lipinski definition) is 2. The van der Waals surface area contributed by atoms with Gasteiger partial charge in [0, 0.05) is 10.7 Å². The first-order valence-electron chi connectivity index (χ1n) is 4.03. The zero-order valence-corrected chi connectivity index (χ0v) is 9.46.